The van der Waals surface area contributed by atoms with Crippen molar-refractivity contribution in [3.8, 4) is 0 Å². The Morgan fingerprint density at radius 3 is 2.33 bits per heavy atom. The maximum Gasteiger partial charge on any atom is 0.278 e. The number of nitrogens with one attached hydrogen (secondary N) is 1. The Bertz CT molecular complexity index is 967. The lowest BCUT2D eigenvalue weighted by atomic mass is 10.0. The highest BCUT2D eigenvalue weighted by Crippen LogP contribution is 2.35. The van der Waals surface area contributed by atoms with Crippen molar-refractivity contribution in [1.82, 2.24) is 4.90 Å². The van der Waals surface area contributed by atoms with Crippen molar-refractivity contribution in [3.63, 3.8) is 0 Å². The maximum atomic E-state index is 13.0. The van der Waals surface area contributed by atoms with Crippen LogP contribution in [0.15, 0.2) is 42.1 Å². The second kappa shape index (κ2) is 7.75. The van der Waals surface area contributed by atoms with Crippen LogP contribution < -0.4 is 5.32 Å². The highest BCUT2D eigenvalue weighted by atomic mass is 35.5. The minimum absolute atomic E-state index is 0.237. The Morgan fingerprint density at radius 2 is 1.70 bits per heavy atom. The molecular weight excluding hydrogens is 383 g/mol. The monoisotopic (exact) mass is 402 g/mol. The Kier molecular flexibility index (Phi) is 5.59. The number of carbonyl (C=O) groups is 2. The van der Waals surface area contributed by atoms with Crippen LogP contribution in [0.4, 0.5) is 5.69 Å². The summed E-state index contributed by atoms with van der Waals surface area (Å²) >= 11 is 12.3. The highest BCUT2D eigenvalue weighted by Gasteiger charge is 2.39. The van der Waals surface area contributed by atoms with Gasteiger partial charge < -0.3 is 5.32 Å². The molecule has 0 aliphatic carbocycles. The second-order valence-electron chi connectivity index (χ2n) is 6.56. The summed E-state index contributed by atoms with van der Waals surface area (Å²) in [6.45, 7) is 6.29. The fourth-order valence-corrected chi connectivity index (χ4v) is 3.53. The maximum absolute atomic E-state index is 13.0. The van der Waals surface area contributed by atoms with Gasteiger partial charge in [0.25, 0.3) is 11.8 Å². The normalized spacial score (nSPS) is 14.3. The van der Waals surface area contributed by atoms with Crippen molar-refractivity contribution >= 4 is 46.3 Å². The van der Waals surface area contributed by atoms with Gasteiger partial charge in [0.1, 0.15) is 5.70 Å². The largest absolute Gasteiger partial charge is 0.350 e. The molecule has 0 radical (unpaired) electrons. The molecule has 6 heteroatoms. The molecule has 2 aromatic rings. The fraction of sp³-hybridized carbons (Fsp3) is 0.238. The van der Waals surface area contributed by atoms with E-state index in [2.05, 4.69) is 5.32 Å². The Morgan fingerprint density at radius 1 is 0.963 bits per heavy atom. The van der Waals surface area contributed by atoms with E-state index in [0.717, 1.165) is 16.8 Å². The van der Waals surface area contributed by atoms with Gasteiger partial charge in [-0.05, 0) is 55.7 Å². The van der Waals surface area contributed by atoms with Crippen LogP contribution in [0.25, 0.3) is 5.57 Å². The third-order valence-electron chi connectivity index (χ3n) is 4.59. The lowest BCUT2D eigenvalue weighted by Gasteiger charge is -2.14. The zero-order chi connectivity index (χ0) is 19.7. The molecule has 0 atom stereocenters. The number of rotatable bonds is 5. The molecule has 27 heavy (non-hydrogen) atoms. The predicted molar refractivity (Wildman–Crippen MR) is 110 cm³/mol. The molecule has 0 saturated heterocycles. The Hall–Kier alpha value is -2.30. The second-order valence-corrected chi connectivity index (χ2v) is 7.40. The molecule has 0 bridgehead atoms. The topological polar surface area (TPSA) is 49.4 Å². The van der Waals surface area contributed by atoms with Crippen molar-refractivity contribution in [3.05, 3.63) is 68.8 Å². The number of nitrogens with zero attached hydrogens (tertiary/aromatic N) is 1. The Labute approximate surface area is 168 Å². The third-order valence-corrected chi connectivity index (χ3v) is 5.14. The zero-order valence-corrected chi connectivity index (χ0v) is 16.9. The van der Waals surface area contributed by atoms with Gasteiger partial charge in [0.05, 0.1) is 10.6 Å². The van der Waals surface area contributed by atoms with E-state index in [9.17, 15) is 9.59 Å². The summed E-state index contributed by atoms with van der Waals surface area (Å²) in [5.74, 6) is -0.696. The van der Waals surface area contributed by atoms with E-state index in [1.807, 2.05) is 39.0 Å². The number of halogens is 2. The van der Waals surface area contributed by atoms with Crippen molar-refractivity contribution in [2.75, 3.05) is 11.9 Å². The van der Waals surface area contributed by atoms with Crippen molar-refractivity contribution in [2.45, 2.75) is 27.2 Å². The summed E-state index contributed by atoms with van der Waals surface area (Å²) in [5, 5.41) is 3.94. The number of aryl methyl sites for hydroxylation is 2. The number of benzene rings is 2. The average molecular weight is 403 g/mol. The lowest BCUT2D eigenvalue weighted by molar-refractivity contribution is -0.136. The first-order valence-electron chi connectivity index (χ1n) is 8.73. The molecule has 1 heterocycles. The van der Waals surface area contributed by atoms with Gasteiger partial charge in [-0.15, -0.1) is 0 Å². The van der Waals surface area contributed by atoms with E-state index >= 15 is 0 Å². The first-order chi connectivity index (χ1) is 12.8. The number of imide groups is 1. The minimum atomic E-state index is -0.350. The third kappa shape index (κ3) is 3.73. The molecule has 1 aliphatic heterocycles. The summed E-state index contributed by atoms with van der Waals surface area (Å²) in [4.78, 5) is 27.2. The van der Waals surface area contributed by atoms with Gasteiger partial charge in [-0.25, -0.2) is 0 Å². The summed E-state index contributed by atoms with van der Waals surface area (Å²) < 4.78 is 0. The van der Waals surface area contributed by atoms with Gasteiger partial charge in [0.2, 0.25) is 0 Å². The summed E-state index contributed by atoms with van der Waals surface area (Å²) in [5.41, 5.74) is 3.99. The van der Waals surface area contributed by atoms with Crippen LogP contribution in [-0.2, 0) is 9.59 Å². The number of hydrogen-bond acceptors (Lipinski definition) is 3. The van der Waals surface area contributed by atoms with E-state index in [1.54, 1.807) is 18.2 Å². The zero-order valence-electron chi connectivity index (χ0n) is 15.4. The number of carbonyl (C=O) groups excluding carboxylic acids is 2. The van der Waals surface area contributed by atoms with Crippen molar-refractivity contribution in [2.24, 2.45) is 0 Å². The fourth-order valence-electron chi connectivity index (χ4n) is 3.02. The van der Waals surface area contributed by atoms with Crippen LogP contribution in [0.2, 0.25) is 10.0 Å². The molecular formula is C21H20Cl2N2O2. The molecule has 140 valence electrons. The highest BCUT2D eigenvalue weighted by molar-refractivity contribution is 6.41. The summed E-state index contributed by atoms with van der Waals surface area (Å²) in [6, 6.07) is 10.7. The molecule has 0 saturated carbocycles. The van der Waals surface area contributed by atoms with Crippen LogP contribution >= 0.6 is 23.2 Å². The lowest BCUT2D eigenvalue weighted by Crippen LogP contribution is -2.33. The van der Waals surface area contributed by atoms with Gasteiger partial charge >= 0.3 is 0 Å². The van der Waals surface area contributed by atoms with E-state index in [-0.39, 0.29) is 23.1 Å². The van der Waals surface area contributed by atoms with Gasteiger partial charge in [-0.3, -0.25) is 14.5 Å². The molecule has 2 amide bonds. The molecule has 3 rings (SSSR count). The van der Waals surface area contributed by atoms with E-state index in [4.69, 9.17) is 23.2 Å². The van der Waals surface area contributed by atoms with E-state index in [0.29, 0.717) is 28.6 Å². The molecule has 2 aromatic carbocycles. The van der Waals surface area contributed by atoms with Crippen LogP contribution in [-0.4, -0.2) is 23.3 Å². The number of hydrogen-bond donors (Lipinski definition) is 1. The van der Waals surface area contributed by atoms with Crippen LogP contribution in [0.3, 0.4) is 0 Å². The quantitative estimate of drug-likeness (QED) is 0.697. The van der Waals surface area contributed by atoms with E-state index in [1.165, 1.54) is 4.90 Å². The standard InChI is InChI=1S/C21H20Cl2N2O2/c1-4-9-25-20(26)18(16-8-6-14(22)11-17(16)23)19(21(25)27)24-15-7-5-12(2)13(3)10-15/h5-8,10-11,24H,4,9H2,1-3H3. The molecule has 0 aromatic heterocycles. The summed E-state index contributed by atoms with van der Waals surface area (Å²) in [6.07, 6.45) is 0.677. The van der Waals surface area contributed by atoms with Crippen LogP contribution in [0.5, 0.6) is 0 Å². The Balaban J connectivity index is 2.12. The van der Waals surface area contributed by atoms with Crippen LogP contribution in [0.1, 0.15) is 30.0 Å². The number of amides is 2. The first-order valence-corrected chi connectivity index (χ1v) is 9.49. The smallest absolute Gasteiger partial charge is 0.278 e. The molecule has 0 fully saturated rings. The van der Waals surface area contributed by atoms with Crippen molar-refractivity contribution < 1.29 is 9.59 Å². The van der Waals surface area contributed by atoms with Gasteiger partial charge in [0.15, 0.2) is 0 Å². The molecule has 1 N–H and O–H groups in total. The molecule has 4 nitrogen and oxygen atoms in total. The van der Waals surface area contributed by atoms with Gasteiger partial charge in [0, 0.05) is 22.8 Å². The predicted octanol–water partition coefficient (Wildman–Crippen LogP) is 5.21. The summed E-state index contributed by atoms with van der Waals surface area (Å²) in [7, 11) is 0. The first kappa shape index (κ1) is 19.5. The average Bonchev–Trinajstić information content (AvgIpc) is 2.83. The van der Waals surface area contributed by atoms with Gasteiger partial charge in [-0.2, -0.15) is 0 Å². The molecule has 0 spiro atoms. The SMILES string of the molecule is CCCN1C(=O)C(Nc2ccc(C)c(C)c2)=C(c2ccc(Cl)cc2Cl)C1=O. The minimum Gasteiger partial charge on any atom is -0.350 e. The van der Waals surface area contributed by atoms with E-state index < -0.39 is 0 Å². The van der Waals surface area contributed by atoms with Gasteiger partial charge in [-0.1, -0.05) is 42.3 Å². The van der Waals surface area contributed by atoms with Crippen molar-refractivity contribution in [1.29, 1.82) is 0 Å². The number of anilines is 1. The molecule has 0 unspecified atom stereocenters. The van der Waals surface area contributed by atoms with Crippen LogP contribution in [0, 0.1) is 13.8 Å². The molecule has 1 aliphatic rings.